The fraction of sp³-hybridized carbons (Fsp3) is 0.778. The fourth-order valence-corrected chi connectivity index (χ4v) is 1.32. The van der Waals surface area contributed by atoms with Crippen molar-refractivity contribution < 1.29 is 4.39 Å². The van der Waals surface area contributed by atoms with Crippen molar-refractivity contribution in [2.75, 3.05) is 0 Å². The molecule has 0 aromatic rings. The maximum absolute atomic E-state index is 13.2. The van der Waals surface area contributed by atoms with Crippen LogP contribution in [-0.4, -0.2) is 5.67 Å². The quantitative estimate of drug-likeness (QED) is 0.455. The van der Waals surface area contributed by atoms with Crippen LogP contribution in [0.3, 0.4) is 0 Å². The zero-order chi connectivity index (χ0) is 7.45. The first-order valence-corrected chi connectivity index (χ1v) is 4.07. The Bertz CT molecular complexity index is 125. The van der Waals surface area contributed by atoms with Crippen molar-refractivity contribution in [2.45, 2.75) is 44.7 Å². The lowest BCUT2D eigenvalue weighted by molar-refractivity contribution is 0.230. The van der Waals surface area contributed by atoms with E-state index in [1.807, 2.05) is 6.08 Å². The summed E-state index contributed by atoms with van der Waals surface area (Å²) >= 11 is 0. The molecule has 1 aliphatic rings. The SMILES string of the molecule is CC1(F)C=CCCCCC1. The van der Waals surface area contributed by atoms with Crippen molar-refractivity contribution in [2.24, 2.45) is 0 Å². The summed E-state index contributed by atoms with van der Waals surface area (Å²) < 4.78 is 13.2. The highest BCUT2D eigenvalue weighted by Crippen LogP contribution is 2.23. The van der Waals surface area contributed by atoms with Gasteiger partial charge in [-0.1, -0.05) is 18.6 Å². The summed E-state index contributed by atoms with van der Waals surface area (Å²) in [5.41, 5.74) is -1.03. The zero-order valence-corrected chi connectivity index (χ0v) is 6.57. The molecule has 0 fully saturated rings. The maximum Gasteiger partial charge on any atom is 0.126 e. The normalized spacial score (nSPS) is 35.0. The van der Waals surface area contributed by atoms with Crippen molar-refractivity contribution >= 4 is 0 Å². The lowest BCUT2D eigenvalue weighted by Gasteiger charge is -2.17. The second-order valence-corrected chi connectivity index (χ2v) is 3.28. The molecule has 1 unspecified atom stereocenters. The first-order chi connectivity index (χ1) is 4.71. The summed E-state index contributed by atoms with van der Waals surface area (Å²) in [4.78, 5) is 0. The van der Waals surface area contributed by atoms with E-state index in [1.165, 1.54) is 12.8 Å². The fourth-order valence-electron chi connectivity index (χ4n) is 1.32. The van der Waals surface area contributed by atoms with Crippen molar-refractivity contribution in [1.29, 1.82) is 0 Å². The van der Waals surface area contributed by atoms with E-state index in [-0.39, 0.29) is 0 Å². The summed E-state index contributed by atoms with van der Waals surface area (Å²) in [7, 11) is 0. The molecule has 0 aromatic carbocycles. The van der Waals surface area contributed by atoms with Gasteiger partial charge in [-0.3, -0.25) is 0 Å². The Hall–Kier alpha value is -0.330. The van der Waals surface area contributed by atoms with Gasteiger partial charge in [-0.15, -0.1) is 0 Å². The first kappa shape index (κ1) is 7.77. The number of alkyl halides is 1. The third-order valence-electron chi connectivity index (χ3n) is 2.00. The van der Waals surface area contributed by atoms with E-state index >= 15 is 0 Å². The number of hydrogen-bond acceptors (Lipinski definition) is 0. The van der Waals surface area contributed by atoms with E-state index < -0.39 is 5.67 Å². The highest BCUT2D eigenvalue weighted by molar-refractivity contribution is 4.99. The molecule has 1 aliphatic carbocycles. The molecule has 0 N–H and O–H groups in total. The molecule has 0 saturated carbocycles. The maximum atomic E-state index is 13.2. The van der Waals surface area contributed by atoms with Crippen LogP contribution < -0.4 is 0 Å². The Kier molecular flexibility index (Phi) is 2.47. The first-order valence-electron chi connectivity index (χ1n) is 4.07. The van der Waals surface area contributed by atoms with Crippen LogP contribution in [0.1, 0.15) is 39.0 Å². The lowest BCUT2D eigenvalue weighted by Crippen LogP contribution is -2.14. The van der Waals surface area contributed by atoms with Crippen molar-refractivity contribution in [3.8, 4) is 0 Å². The highest BCUT2D eigenvalue weighted by atomic mass is 19.1. The molecular formula is C9H15F. The zero-order valence-electron chi connectivity index (χ0n) is 6.57. The van der Waals surface area contributed by atoms with Gasteiger partial charge in [0, 0.05) is 0 Å². The minimum absolute atomic E-state index is 0.698. The third-order valence-corrected chi connectivity index (χ3v) is 2.00. The summed E-state index contributed by atoms with van der Waals surface area (Å²) in [5.74, 6) is 0. The van der Waals surface area contributed by atoms with Crippen LogP contribution in [0.4, 0.5) is 4.39 Å². The van der Waals surface area contributed by atoms with E-state index in [1.54, 1.807) is 13.0 Å². The van der Waals surface area contributed by atoms with Crippen LogP contribution in [0.15, 0.2) is 12.2 Å². The molecule has 58 valence electrons. The van der Waals surface area contributed by atoms with Crippen molar-refractivity contribution in [3.05, 3.63) is 12.2 Å². The summed E-state index contributed by atoms with van der Waals surface area (Å²) in [6.07, 6.45) is 8.89. The van der Waals surface area contributed by atoms with E-state index in [2.05, 4.69) is 0 Å². The molecule has 0 spiro atoms. The number of halogens is 1. The largest absolute Gasteiger partial charge is 0.240 e. The molecule has 0 amide bonds. The summed E-state index contributed by atoms with van der Waals surface area (Å²) in [6.45, 7) is 1.66. The Morgan fingerprint density at radius 1 is 1.30 bits per heavy atom. The van der Waals surface area contributed by atoms with Crippen LogP contribution in [-0.2, 0) is 0 Å². The van der Waals surface area contributed by atoms with E-state index in [4.69, 9.17) is 0 Å². The standard InChI is InChI=1S/C9H15F/c1-9(10)7-5-3-2-4-6-8-9/h5,7H,2-4,6,8H2,1H3. The molecule has 0 saturated heterocycles. The monoisotopic (exact) mass is 142 g/mol. The third kappa shape index (κ3) is 2.51. The van der Waals surface area contributed by atoms with Gasteiger partial charge in [-0.2, -0.15) is 0 Å². The molecule has 1 heteroatoms. The minimum atomic E-state index is -1.03. The number of allylic oxidation sites excluding steroid dienone is 2. The molecule has 0 radical (unpaired) electrons. The van der Waals surface area contributed by atoms with Crippen LogP contribution in [0.2, 0.25) is 0 Å². The minimum Gasteiger partial charge on any atom is -0.240 e. The summed E-state index contributed by atoms with van der Waals surface area (Å²) in [5, 5.41) is 0. The van der Waals surface area contributed by atoms with Gasteiger partial charge >= 0.3 is 0 Å². The average Bonchev–Trinajstić information content (AvgIpc) is 1.81. The smallest absolute Gasteiger partial charge is 0.126 e. The molecule has 1 rings (SSSR count). The molecule has 0 nitrogen and oxygen atoms in total. The topological polar surface area (TPSA) is 0 Å². The second-order valence-electron chi connectivity index (χ2n) is 3.28. The molecule has 10 heavy (non-hydrogen) atoms. The second kappa shape index (κ2) is 3.18. The van der Waals surface area contributed by atoms with Gasteiger partial charge in [0.2, 0.25) is 0 Å². The van der Waals surface area contributed by atoms with Gasteiger partial charge in [0.05, 0.1) is 0 Å². The van der Waals surface area contributed by atoms with Gasteiger partial charge in [-0.05, 0) is 32.6 Å². The van der Waals surface area contributed by atoms with Crippen molar-refractivity contribution in [1.82, 2.24) is 0 Å². The molecule has 0 heterocycles. The molecule has 0 aromatic heterocycles. The molecular weight excluding hydrogens is 127 g/mol. The van der Waals surface area contributed by atoms with Gasteiger partial charge < -0.3 is 0 Å². The predicted molar refractivity (Wildman–Crippen MR) is 41.7 cm³/mol. The van der Waals surface area contributed by atoms with Crippen molar-refractivity contribution in [3.63, 3.8) is 0 Å². The van der Waals surface area contributed by atoms with E-state index in [9.17, 15) is 4.39 Å². The average molecular weight is 142 g/mol. The van der Waals surface area contributed by atoms with Gasteiger partial charge in [0.1, 0.15) is 5.67 Å². The van der Waals surface area contributed by atoms with Gasteiger partial charge in [0.15, 0.2) is 0 Å². The van der Waals surface area contributed by atoms with E-state index in [0.717, 1.165) is 12.8 Å². The van der Waals surface area contributed by atoms with Crippen LogP contribution >= 0.6 is 0 Å². The summed E-state index contributed by atoms with van der Waals surface area (Å²) in [6, 6.07) is 0. The molecule has 1 atom stereocenters. The van der Waals surface area contributed by atoms with E-state index in [0.29, 0.717) is 6.42 Å². The highest BCUT2D eigenvalue weighted by Gasteiger charge is 2.18. The predicted octanol–water partition coefficient (Wildman–Crippen LogP) is 3.23. The van der Waals surface area contributed by atoms with Gasteiger partial charge in [0.25, 0.3) is 0 Å². The lowest BCUT2D eigenvalue weighted by atomic mass is 9.96. The Morgan fingerprint density at radius 3 is 2.90 bits per heavy atom. The Labute approximate surface area is 62.1 Å². The Balaban J connectivity index is 2.49. The number of hydrogen-bond donors (Lipinski definition) is 0. The van der Waals surface area contributed by atoms with Crippen LogP contribution in [0.25, 0.3) is 0 Å². The van der Waals surface area contributed by atoms with Crippen LogP contribution in [0.5, 0.6) is 0 Å². The van der Waals surface area contributed by atoms with Gasteiger partial charge in [-0.25, -0.2) is 4.39 Å². The number of rotatable bonds is 0. The molecule has 0 aliphatic heterocycles. The Morgan fingerprint density at radius 2 is 2.10 bits per heavy atom. The van der Waals surface area contributed by atoms with Crippen LogP contribution in [0, 0.1) is 0 Å². The molecule has 0 bridgehead atoms.